The molecule has 0 spiro atoms. The normalized spacial score (nSPS) is 18.7. The van der Waals surface area contributed by atoms with Crippen LogP contribution in [-0.2, 0) is 0 Å². The summed E-state index contributed by atoms with van der Waals surface area (Å²) in [6, 6.07) is 18.4. The van der Waals surface area contributed by atoms with Crippen molar-refractivity contribution in [2.24, 2.45) is 0 Å². The van der Waals surface area contributed by atoms with Crippen molar-refractivity contribution in [1.29, 1.82) is 0 Å². The van der Waals surface area contributed by atoms with Crippen molar-refractivity contribution in [2.75, 3.05) is 11.9 Å². The molecule has 2 aromatic carbocycles. The third-order valence-corrected chi connectivity index (χ3v) is 3.91. The molecule has 0 fully saturated rings. The molecular formula is C17H19NO. The average Bonchev–Trinajstić information content (AvgIpc) is 2.89. The largest absolute Gasteiger partial charge is 0.388 e. The Hall–Kier alpha value is -1.80. The summed E-state index contributed by atoms with van der Waals surface area (Å²) in [6.07, 6.45) is 1.47. The molecular weight excluding hydrogens is 234 g/mol. The van der Waals surface area contributed by atoms with Gasteiger partial charge in [-0.15, -0.1) is 0 Å². The maximum atomic E-state index is 10.2. The summed E-state index contributed by atoms with van der Waals surface area (Å²) < 4.78 is 0. The van der Waals surface area contributed by atoms with E-state index in [1.165, 1.54) is 11.3 Å². The zero-order chi connectivity index (χ0) is 13.1. The molecule has 0 saturated heterocycles. The van der Waals surface area contributed by atoms with Gasteiger partial charge in [-0.3, -0.25) is 0 Å². The van der Waals surface area contributed by atoms with E-state index in [0.29, 0.717) is 5.92 Å². The monoisotopic (exact) mass is 253 g/mol. The molecule has 2 nitrogen and oxygen atoms in total. The van der Waals surface area contributed by atoms with Crippen molar-refractivity contribution >= 4 is 5.69 Å². The van der Waals surface area contributed by atoms with Crippen LogP contribution in [0.4, 0.5) is 5.69 Å². The Morgan fingerprint density at radius 3 is 2.63 bits per heavy atom. The highest BCUT2D eigenvalue weighted by atomic mass is 16.3. The van der Waals surface area contributed by atoms with Crippen LogP contribution in [0.2, 0.25) is 0 Å². The predicted octanol–water partition coefficient (Wildman–Crippen LogP) is 3.71. The minimum atomic E-state index is -0.353. The minimum absolute atomic E-state index is 0.353. The molecule has 0 aromatic heterocycles. The molecule has 2 unspecified atom stereocenters. The third-order valence-electron chi connectivity index (χ3n) is 3.91. The van der Waals surface area contributed by atoms with Gasteiger partial charge in [-0.05, 0) is 30.0 Å². The van der Waals surface area contributed by atoms with Crippen LogP contribution in [0.1, 0.15) is 36.0 Å². The summed E-state index contributed by atoms with van der Waals surface area (Å²) in [5, 5.41) is 13.6. The van der Waals surface area contributed by atoms with Gasteiger partial charge in [0, 0.05) is 18.2 Å². The maximum Gasteiger partial charge on any atom is 0.0790 e. The predicted molar refractivity (Wildman–Crippen MR) is 78.3 cm³/mol. The lowest BCUT2D eigenvalue weighted by atomic mass is 9.93. The molecule has 0 bridgehead atoms. The van der Waals surface area contributed by atoms with E-state index in [4.69, 9.17) is 0 Å². The summed E-state index contributed by atoms with van der Waals surface area (Å²) in [5.41, 5.74) is 3.66. The number of fused-ring (bicyclic) bond motifs is 1. The van der Waals surface area contributed by atoms with Gasteiger partial charge in [0.25, 0.3) is 0 Å². The average molecular weight is 253 g/mol. The topological polar surface area (TPSA) is 32.3 Å². The Morgan fingerprint density at radius 1 is 1.05 bits per heavy atom. The summed E-state index contributed by atoms with van der Waals surface area (Å²) in [4.78, 5) is 0. The van der Waals surface area contributed by atoms with Crippen LogP contribution in [0, 0.1) is 0 Å². The fourth-order valence-corrected chi connectivity index (χ4v) is 2.82. The molecule has 2 aromatic rings. The van der Waals surface area contributed by atoms with Crippen LogP contribution in [0.15, 0.2) is 54.6 Å². The van der Waals surface area contributed by atoms with Crippen molar-refractivity contribution < 1.29 is 5.11 Å². The number of anilines is 1. The Bertz CT molecular complexity index is 538. The number of aliphatic hydroxyl groups is 1. The van der Waals surface area contributed by atoms with Gasteiger partial charge in [0.05, 0.1) is 6.10 Å². The Morgan fingerprint density at radius 2 is 1.79 bits per heavy atom. The third kappa shape index (κ3) is 2.64. The van der Waals surface area contributed by atoms with Gasteiger partial charge in [0.1, 0.15) is 0 Å². The zero-order valence-electron chi connectivity index (χ0n) is 10.9. The number of aliphatic hydroxyl groups excluding tert-OH is 1. The second-order valence-corrected chi connectivity index (χ2v) is 5.17. The maximum absolute atomic E-state index is 10.2. The SMILES string of the molecule is OC(CCC1CNc2ccccc21)c1ccccc1. The van der Waals surface area contributed by atoms with E-state index in [1.807, 2.05) is 30.3 Å². The second-order valence-electron chi connectivity index (χ2n) is 5.17. The van der Waals surface area contributed by atoms with E-state index in [9.17, 15) is 5.11 Å². The Labute approximate surface area is 114 Å². The van der Waals surface area contributed by atoms with Crippen LogP contribution in [-0.4, -0.2) is 11.7 Å². The van der Waals surface area contributed by atoms with Crippen LogP contribution < -0.4 is 5.32 Å². The van der Waals surface area contributed by atoms with Crippen molar-refractivity contribution in [2.45, 2.75) is 24.9 Å². The highest BCUT2D eigenvalue weighted by molar-refractivity contribution is 5.57. The number of rotatable bonds is 4. The number of para-hydroxylation sites is 1. The number of nitrogens with one attached hydrogen (secondary N) is 1. The van der Waals surface area contributed by atoms with E-state index >= 15 is 0 Å². The molecule has 0 radical (unpaired) electrons. The number of hydrogen-bond acceptors (Lipinski definition) is 2. The molecule has 0 saturated carbocycles. The molecule has 19 heavy (non-hydrogen) atoms. The molecule has 1 aliphatic heterocycles. The van der Waals surface area contributed by atoms with Crippen molar-refractivity contribution in [1.82, 2.24) is 0 Å². The summed E-state index contributed by atoms with van der Waals surface area (Å²) >= 11 is 0. The van der Waals surface area contributed by atoms with Gasteiger partial charge in [0.15, 0.2) is 0 Å². The van der Waals surface area contributed by atoms with E-state index in [1.54, 1.807) is 0 Å². The fourth-order valence-electron chi connectivity index (χ4n) is 2.82. The minimum Gasteiger partial charge on any atom is -0.388 e. The lowest BCUT2D eigenvalue weighted by molar-refractivity contribution is 0.162. The first-order chi connectivity index (χ1) is 9.34. The van der Waals surface area contributed by atoms with Gasteiger partial charge in [-0.1, -0.05) is 48.5 Å². The van der Waals surface area contributed by atoms with Crippen LogP contribution in [0.3, 0.4) is 0 Å². The van der Waals surface area contributed by atoms with Gasteiger partial charge in [-0.2, -0.15) is 0 Å². The molecule has 2 heteroatoms. The van der Waals surface area contributed by atoms with Crippen molar-refractivity contribution in [3.63, 3.8) is 0 Å². The number of benzene rings is 2. The molecule has 1 aliphatic rings. The molecule has 2 atom stereocenters. The number of hydrogen-bond donors (Lipinski definition) is 2. The molecule has 3 rings (SSSR count). The van der Waals surface area contributed by atoms with Gasteiger partial charge >= 0.3 is 0 Å². The summed E-state index contributed by atoms with van der Waals surface area (Å²) in [5.74, 6) is 0.523. The Balaban J connectivity index is 1.62. The smallest absolute Gasteiger partial charge is 0.0790 e. The highest BCUT2D eigenvalue weighted by Crippen LogP contribution is 2.35. The summed E-state index contributed by atoms with van der Waals surface area (Å²) in [6.45, 7) is 0.987. The van der Waals surface area contributed by atoms with E-state index in [-0.39, 0.29) is 6.10 Å². The first-order valence-electron chi connectivity index (χ1n) is 6.90. The summed E-state index contributed by atoms with van der Waals surface area (Å²) in [7, 11) is 0. The molecule has 2 N–H and O–H groups in total. The quantitative estimate of drug-likeness (QED) is 0.870. The lowest BCUT2D eigenvalue weighted by Gasteiger charge is -2.14. The molecule has 1 heterocycles. The first-order valence-corrected chi connectivity index (χ1v) is 6.90. The Kier molecular flexibility index (Phi) is 3.51. The van der Waals surface area contributed by atoms with Crippen molar-refractivity contribution in [3.8, 4) is 0 Å². The van der Waals surface area contributed by atoms with E-state index < -0.39 is 0 Å². The lowest BCUT2D eigenvalue weighted by Crippen LogP contribution is -2.05. The standard InChI is InChI=1S/C17H19NO/c19-17(13-6-2-1-3-7-13)11-10-14-12-18-16-9-5-4-8-15(14)16/h1-9,14,17-19H,10-12H2. The molecule has 98 valence electrons. The van der Waals surface area contributed by atoms with Crippen molar-refractivity contribution in [3.05, 3.63) is 65.7 Å². The van der Waals surface area contributed by atoms with E-state index in [0.717, 1.165) is 24.9 Å². The zero-order valence-corrected chi connectivity index (χ0v) is 10.9. The fraction of sp³-hybridized carbons (Fsp3) is 0.294. The van der Waals surface area contributed by atoms with Gasteiger partial charge in [0.2, 0.25) is 0 Å². The first kappa shape index (κ1) is 12.2. The van der Waals surface area contributed by atoms with E-state index in [2.05, 4.69) is 29.6 Å². The molecule has 0 amide bonds. The van der Waals surface area contributed by atoms with Gasteiger partial charge < -0.3 is 10.4 Å². The van der Waals surface area contributed by atoms with Crippen LogP contribution in [0.5, 0.6) is 0 Å². The molecule has 0 aliphatic carbocycles. The van der Waals surface area contributed by atoms with Crippen LogP contribution >= 0.6 is 0 Å². The van der Waals surface area contributed by atoms with Crippen LogP contribution in [0.25, 0.3) is 0 Å². The van der Waals surface area contributed by atoms with Gasteiger partial charge in [-0.25, -0.2) is 0 Å². The second kappa shape index (κ2) is 5.45. The highest BCUT2D eigenvalue weighted by Gasteiger charge is 2.22.